The summed E-state index contributed by atoms with van der Waals surface area (Å²) < 4.78 is 6.97. The van der Waals surface area contributed by atoms with E-state index >= 15 is 0 Å². The summed E-state index contributed by atoms with van der Waals surface area (Å²) in [5.41, 5.74) is 3.74. The number of hydrogen-bond acceptors (Lipinski definition) is 4. The van der Waals surface area contributed by atoms with E-state index in [4.69, 9.17) is 9.73 Å². The van der Waals surface area contributed by atoms with Gasteiger partial charge in [0.15, 0.2) is 5.96 Å². The Hall–Kier alpha value is -4.07. The second kappa shape index (κ2) is 8.22. The molecule has 1 aliphatic heterocycles. The van der Waals surface area contributed by atoms with Gasteiger partial charge in [0.2, 0.25) is 5.95 Å². The van der Waals surface area contributed by atoms with Gasteiger partial charge >= 0.3 is 0 Å². The highest BCUT2D eigenvalue weighted by atomic mass is 16.5. The molecule has 5 rings (SSSR count). The van der Waals surface area contributed by atoms with Crippen LogP contribution in [0.1, 0.15) is 23.0 Å². The van der Waals surface area contributed by atoms with E-state index in [2.05, 4.69) is 20.6 Å². The van der Waals surface area contributed by atoms with Crippen LogP contribution in [0.5, 0.6) is 5.75 Å². The molecule has 1 atom stereocenters. The molecule has 8 nitrogen and oxygen atoms in total. The number of rotatable bonds is 5. The van der Waals surface area contributed by atoms with Crippen LogP contribution >= 0.6 is 0 Å². The standard InChI is InChI=1S/C24H24N6O2/c1-15-12-21(31)30-22(16-6-4-3-5-7-16)28-23(29-24(30)27-15)25-11-10-17-14-26-20-9-8-18(32-2)13-19(17)20/h3-9,12-14,22,26H,10-11H2,1-2H3,(H2,25,27,28,29). The van der Waals surface area contributed by atoms with Crippen molar-refractivity contribution in [1.29, 1.82) is 0 Å². The maximum atomic E-state index is 12.7. The third-order valence-electron chi connectivity index (χ3n) is 5.58. The molecule has 0 radical (unpaired) electrons. The van der Waals surface area contributed by atoms with E-state index in [0.717, 1.165) is 28.6 Å². The zero-order valence-electron chi connectivity index (χ0n) is 17.9. The lowest BCUT2D eigenvalue weighted by atomic mass is 10.1. The molecule has 8 heteroatoms. The first-order chi connectivity index (χ1) is 15.6. The average molecular weight is 428 g/mol. The largest absolute Gasteiger partial charge is 0.497 e. The molecule has 0 amide bonds. The van der Waals surface area contributed by atoms with E-state index in [9.17, 15) is 4.79 Å². The number of benzene rings is 2. The Kier molecular flexibility index (Phi) is 5.10. The fraction of sp³-hybridized carbons (Fsp3) is 0.208. The minimum atomic E-state index is -0.385. The number of methoxy groups -OCH3 is 1. The molecule has 1 aliphatic rings. The Morgan fingerprint density at radius 1 is 1.16 bits per heavy atom. The molecule has 0 aliphatic carbocycles. The van der Waals surface area contributed by atoms with Crippen LogP contribution in [0.15, 0.2) is 70.6 Å². The van der Waals surface area contributed by atoms with E-state index in [0.29, 0.717) is 24.1 Å². The SMILES string of the molecule is COc1ccc2[nH]cc(CCN=C3Nc4nc(C)cc(=O)n4C(c4ccccc4)N3)c2c1. The van der Waals surface area contributed by atoms with Gasteiger partial charge in [-0.25, -0.2) is 4.98 Å². The molecule has 0 bridgehead atoms. The first-order valence-electron chi connectivity index (χ1n) is 10.5. The van der Waals surface area contributed by atoms with Crippen LogP contribution in [0.2, 0.25) is 0 Å². The Bertz CT molecular complexity index is 1360. The molecular weight excluding hydrogens is 404 g/mol. The predicted molar refractivity (Wildman–Crippen MR) is 125 cm³/mol. The minimum Gasteiger partial charge on any atom is -0.497 e. The molecule has 2 aromatic heterocycles. The zero-order valence-corrected chi connectivity index (χ0v) is 17.9. The highest BCUT2D eigenvalue weighted by Crippen LogP contribution is 2.24. The van der Waals surface area contributed by atoms with Crippen LogP contribution in [0.4, 0.5) is 5.95 Å². The van der Waals surface area contributed by atoms with E-state index in [1.165, 1.54) is 11.6 Å². The first-order valence-corrected chi connectivity index (χ1v) is 10.5. The van der Waals surface area contributed by atoms with Crippen molar-refractivity contribution in [2.45, 2.75) is 19.5 Å². The van der Waals surface area contributed by atoms with Crippen LogP contribution in [0, 0.1) is 6.92 Å². The van der Waals surface area contributed by atoms with Crippen LogP contribution in [-0.2, 0) is 6.42 Å². The number of aromatic amines is 1. The summed E-state index contributed by atoms with van der Waals surface area (Å²) in [6.07, 6.45) is 2.38. The summed E-state index contributed by atoms with van der Waals surface area (Å²) in [5.74, 6) is 1.90. The molecule has 4 aromatic rings. The molecule has 2 aromatic carbocycles. The molecule has 0 fully saturated rings. The quantitative estimate of drug-likeness (QED) is 0.454. The number of fused-ring (bicyclic) bond motifs is 2. The van der Waals surface area contributed by atoms with Crippen molar-refractivity contribution in [3.05, 3.63) is 88.0 Å². The van der Waals surface area contributed by atoms with Gasteiger partial charge < -0.3 is 15.0 Å². The fourth-order valence-corrected chi connectivity index (χ4v) is 4.01. The van der Waals surface area contributed by atoms with Gasteiger partial charge in [0.05, 0.1) is 7.11 Å². The molecule has 0 saturated heterocycles. The lowest BCUT2D eigenvalue weighted by Crippen LogP contribution is -2.48. The topological polar surface area (TPSA) is 96.3 Å². The number of nitrogens with one attached hydrogen (secondary N) is 3. The Morgan fingerprint density at radius 2 is 2.00 bits per heavy atom. The highest BCUT2D eigenvalue weighted by Gasteiger charge is 2.26. The van der Waals surface area contributed by atoms with Gasteiger partial charge in [-0.1, -0.05) is 30.3 Å². The van der Waals surface area contributed by atoms with Crippen molar-refractivity contribution in [3.8, 4) is 5.75 Å². The summed E-state index contributed by atoms with van der Waals surface area (Å²) >= 11 is 0. The number of ether oxygens (including phenoxy) is 1. The van der Waals surface area contributed by atoms with Crippen LogP contribution in [0.25, 0.3) is 10.9 Å². The Labute approximate surface area is 185 Å². The van der Waals surface area contributed by atoms with E-state index < -0.39 is 0 Å². The zero-order chi connectivity index (χ0) is 22.1. The maximum Gasteiger partial charge on any atom is 0.257 e. The van der Waals surface area contributed by atoms with Crippen molar-refractivity contribution in [2.24, 2.45) is 4.99 Å². The fourth-order valence-electron chi connectivity index (χ4n) is 4.01. The predicted octanol–water partition coefficient (Wildman–Crippen LogP) is 3.20. The molecule has 1 unspecified atom stereocenters. The molecule has 3 heterocycles. The van der Waals surface area contributed by atoms with Crippen LogP contribution in [-0.4, -0.2) is 34.1 Å². The van der Waals surface area contributed by atoms with Crippen molar-refractivity contribution in [2.75, 3.05) is 19.0 Å². The van der Waals surface area contributed by atoms with Gasteiger partial charge in [-0.15, -0.1) is 0 Å². The number of H-pyrrole nitrogens is 1. The average Bonchev–Trinajstić information content (AvgIpc) is 3.21. The number of nitrogens with zero attached hydrogens (tertiary/aromatic N) is 3. The number of hydrogen-bond donors (Lipinski definition) is 3. The monoisotopic (exact) mass is 428 g/mol. The van der Waals surface area contributed by atoms with Gasteiger partial charge in [-0.05, 0) is 42.7 Å². The van der Waals surface area contributed by atoms with Gasteiger partial charge in [-0.3, -0.25) is 19.7 Å². The number of guanidine groups is 1. The van der Waals surface area contributed by atoms with Crippen molar-refractivity contribution < 1.29 is 4.74 Å². The number of aromatic nitrogens is 3. The summed E-state index contributed by atoms with van der Waals surface area (Å²) in [4.78, 5) is 25.3. The van der Waals surface area contributed by atoms with Crippen molar-refractivity contribution in [3.63, 3.8) is 0 Å². The third-order valence-corrected chi connectivity index (χ3v) is 5.58. The lowest BCUT2D eigenvalue weighted by molar-refractivity contribution is 0.415. The van der Waals surface area contributed by atoms with Gasteiger partial charge in [0.25, 0.3) is 5.56 Å². The van der Waals surface area contributed by atoms with Crippen molar-refractivity contribution in [1.82, 2.24) is 19.9 Å². The second-order valence-corrected chi connectivity index (χ2v) is 7.72. The smallest absolute Gasteiger partial charge is 0.257 e. The molecular formula is C24H24N6O2. The minimum absolute atomic E-state index is 0.117. The number of aryl methyl sites for hydroxylation is 1. The summed E-state index contributed by atoms with van der Waals surface area (Å²) in [7, 11) is 1.67. The maximum absolute atomic E-state index is 12.7. The van der Waals surface area contributed by atoms with Crippen LogP contribution < -0.4 is 20.9 Å². The highest BCUT2D eigenvalue weighted by molar-refractivity contribution is 5.93. The van der Waals surface area contributed by atoms with Crippen molar-refractivity contribution >= 4 is 22.8 Å². The summed E-state index contributed by atoms with van der Waals surface area (Å²) in [6.45, 7) is 2.38. The summed E-state index contributed by atoms with van der Waals surface area (Å²) in [6, 6.07) is 17.3. The molecule has 0 saturated carbocycles. The second-order valence-electron chi connectivity index (χ2n) is 7.72. The van der Waals surface area contributed by atoms with Crippen LogP contribution in [0.3, 0.4) is 0 Å². The molecule has 3 N–H and O–H groups in total. The van der Waals surface area contributed by atoms with E-state index in [1.807, 2.05) is 61.7 Å². The van der Waals surface area contributed by atoms with E-state index in [-0.39, 0.29) is 11.7 Å². The van der Waals surface area contributed by atoms with Gasteiger partial charge in [0, 0.05) is 35.4 Å². The third kappa shape index (κ3) is 3.71. The van der Waals surface area contributed by atoms with Gasteiger partial charge in [0.1, 0.15) is 11.9 Å². The summed E-state index contributed by atoms with van der Waals surface area (Å²) in [5, 5.41) is 7.66. The van der Waals surface area contributed by atoms with E-state index in [1.54, 1.807) is 11.7 Å². The Balaban J connectivity index is 1.42. The number of anilines is 1. The first kappa shape index (κ1) is 19.9. The van der Waals surface area contributed by atoms with Gasteiger partial charge in [-0.2, -0.15) is 0 Å². The molecule has 32 heavy (non-hydrogen) atoms. The molecule has 0 spiro atoms. The molecule has 162 valence electrons. The Morgan fingerprint density at radius 3 is 2.81 bits per heavy atom. The lowest BCUT2D eigenvalue weighted by Gasteiger charge is -2.31. The number of aliphatic imine (C=N–C) groups is 1. The normalized spacial score (nSPS) is 16.4.